The first kappa shape index (κ1) is 19.2. The molecule has 0 radical (unpaired) electrons. The van der Waals surface area contributed by atoms with Crippen LogP contribution in [-0.2, 0) is 10.0 Å². The lowest BCUT2D eigenvalue weighted by atomic mass is 10.1. The summed E-state index contributed by atoms with van der Waals surface area (Å²) in [5.41, 5.74) is 1.12. The van der Waals surface area contributed by atoms with Gasteiger partial charge in [0.15, 0.2) is 11.6 Å². The molecule has 28 heavy (non-hydrogen) atoms. The molecule has 10 heteroatoms. The van der Waals surface area contributed by atoms with E-state index < -0.39 is 15.8 Å². The van der Waals surface area contributed by atoms with E-state index in [-0.39, 0.29) is 22.7 Å². The zero-order valence-corrected chi connectivity index (χ0v) is 15.2. The maximum Gasteiger partial charge on any atom is 0.238 e. The number of nitriles is 1. The van der Waals surface area contributed by atoms with Crippen LogP contribution in [0.1, 0.15) is 0 Å². The third-order valence-electron chi connectivity index (χ3n) is 3.69. The molecule has 0 amide bonds. The highest BCUT2D eigenvalue weighted by molar-refractivity contribution is 7.89. The predicted molar refractivity (Wildman–Crippen MR) is 102 cm³/mol. The quantitative estimate of drug-likeness (QED) is 0.658. The van der Waals surface area contributed by atoms with E-state index in [0.717, 1.165) is 11.8 Å². The minimum absolute atomic E-state index is 0.0351. The highest BCUT2D eigenvalue weighted by atomic mass is 32.2. The number of hydrogen-bond donors (Lipinski definition) is 3. The van der Waals surface area contributed by atoms with E-state index in [2.05, 4.69) is 20.6 Å². The fourth-order valence-electron chi connectivity index (χ4n) is 2.38. The molecule has 1 aliphatic rings. The number of anilines is 3. The molecule has 0 spiro atoms. The molecule has 1 heterocycles. The van der Waals surface area contributed by atoms with Crippen molar-refractivity contribution in [2.75, 3.05) is 10.6 Å². The first-order chi connectivity index (χ1) is 13.3. The summed E-state index contributed by atoms with van der Waals surface area (Å²) >= 11 is 0. The summed E-state index contributed by atoms with van der Waals surface area (Å²) in [5, 5.41) is 19.5. The normalized spacial score (nSPS) is 15.8. The molecule has 1 aliphatic carbocycles. The van der Waals surface area contributed by atoms with Crippen LogP contribution in [0, 0.1) is 17.1 Å². The molecule has 3 rings (SSSR count). The van der Waals surface area contributed by atoms with E-state index in [0.29, 0.717) is 5.69 Å². The molecule has 0 unspecified atom stereocenters. The lowest BCUT2D eigenvalue weighted by Crippen LogP contribution is -2.18. The topological polar surface area (TPSA) is 134 Å². The number of allylic oxidation sites excluding steroid dienone is 4. The highest BCUT2D eigenvalue weighted by Gasteiger charge is 2.13. The van der Waals surface area contributed by atoms with Crippen molar-refractivity contribution < 1.29 is 12.8 Å². The summed E-state index contributed by atoms with van der Waals surface area (Å²) in [5.74, 6) is -0.611. The van der Waals surface area contributed by atoms with Crippen LogP contribution in [0.4, 0.5) is 21.8 Å². The Balaban J connectivity index is 1.78. The fraction of sp³-hybridized carbons (Fsp3) is 0.0556. The van der Waals surface area contributed by atoms with E-state index >= 15 is 0 Å². The van der Waals surface area contributed by atoms with Gasteiger partial charge in [-0.05, 0) is 23.8 Å². The molecule has 0 bridgehead atoms. The minimum Gasteiger partial charge on any atom is -0.358 e. The van der Waals surface area contributed by atoms with Crippen LogP contribution in [0.15, 0.2) is 71.3 Å². The van der Waals surface area contributed by atoms with Crippen molar-refractivity contribution in [2.24, 2.45) is 5.14 Å². The van der Waals surface area contributed by atoms with Gasteiger partial charge in [-0.2, -0.15) is 10.2 Å². The number of sulfonamides is 1. The van der Waals surface area contributed by atoms with Crippen LogP contribution < -0.4 is 15.8 Å². The third kappa shape index (κ3) is 4.79. The zero-order valence-electron chi connectivity index (χ0n) is 14.4. The van der Waals surface area contributed by atoms with E-state index in [1.807, 2.05) is 6.07 Å². The molecular formula is C18H15FN6O2S. The second-order valence-corrected chi connectivity index (χ2v) is 7.31. The fourth-order valence-corrected chi connectivity index (χ4v) is 2.94. The van der Waals surface area contributed by atoms with Gasteiger partial charge in [-0.1, -0.05) is 30.4 Å². The van der Waals surface area contributed by atoms with Crippen LogP contribution in [-0.4, -0.2) is 24.4 Å². The second kappa shape index (κ2) is 7.99. The third-order valence-corrected chi connectivity index (χ3v) is 4.60. The molecule has 142 valence electrons. The number of primary sulfonamides is 1. The Bertz CT molecular complexity index is 1120. The van der Waals surface area contributed by atoms with Crippen LogP contribution >= 0.6 is 0 Å². The van der Waals surface area contributed by atoms with E-state index in [1.165, 1.54) is 24.3 Å². The molecule has 0 fully saturated rings. The molecule has 0 saturated carbocycles. The van der Waals surface area contributed by atoms with Gasteiger partial charge in [0, 0.05) is 11.8 Å². The zero-order chi connectivity index (χ0) is 20.1. The van der Waals surface area contributed by atoms with Crippen molar-refractivity contribution >= 4 is 27.5 Å². The predicted octanol–water partition coefficient (Wildman–Crippen LogP) is 2.36. The van der Waals surface area contributed by atoms with Crippen molar-refractivity contribution in [3.05, 3.63) is 72.2 Å². The molecule has 2 aromatic rings. The standard InChI is InChI=1S/C18H15FN6O2S/c19-16-11-22-18(24-14-2-1-3-15(10-14)28(21,26)27)25-17(16)23-13-6-4-12(5-7-13)8-9-20/h1-8,10-11,13H,(H2,21,26,27)(H2,22,23,24,25). The van der Waals surface area contributed by atoms with E-state index in [9.17, 15) is 12.8 Å². The number of nitrogens with one attached hydrogen (secondary N) is 2. The lowest BCUT2D eigenvalue weighted by Gasteiger charge is -2.16. The molecule has 1 aromatic heterocycles. The molecule has 8 nitrogen and oxygen atoms in total. The molecule has 0 aliphatic heterocycles. The Hall–Kier alpha value is -3.55. The summed E-state index contributed by atoms with van der Waals surface area (Å²) in [7, 11) is -3.85. The number of hydrogen-bond acceptors (Lipinski definition) is 7. The Morgan fingerprint density at radius 1 is 1.29 bits per heavy atom. The van der Waals surface area contributed by atoms with Gasteiger partial charge in [-0.3, -0.25) is 0 Å². The number of nitrogens with zero attached hydrogens (tertiary/aromatic N) is 3. The molecule has 1 aromatic carbocycles. The van der Waals surface area contributed by atoms with Crippen molar-refractivity contribution in [1.82, 2.24) is 9.97 Å². The van der Waals surface area contributed by atoms with Crippen molar-refractivity contribution in [3.8, 4) is 6.07 Å². The van der Waals surface area contributed by atoms with Crippen molar-refractivity contribution in [3.63, 3.8) is 0 Å². The van der Waals surface area contributed by atoms with Gasteiger partial charge in [0.25, 0.3) is 0 Å². The van der Waals surface area contributed by atoms with Gasteiger partial charge in [0.05, 0.1) is 23.2 Å². The molecular weight excluding hydrogens is 383 g/mol. The smallest absolute Gasteiger partial charge is 0.238 e. The van der Waals surface area contributed by atoms with Gasteiger partial charge in [0.2, 0.25) is 16.0 Å². The second-order valence-electron chi connectivity index (χ2n) is 5.75. The van der Waals surface area contributed by atoms with Gasteiger partial charge in [-0.15, -0.1) is 0 Å². The summed E-state index contributed by atoms with van der Waals surface area (Å²) in [6.07, 6.45) is 9.38. The Morgan fingerprint density at radius 3 is 2.71 bits per heavy atom. The number of halogens is 1. The van der Waals surface area contributed by atoms with Gasteiger partial charge in [-0.25, -0.2) is 22.9 Å². The number of benzene rings is 1. The molecule has 0 saturated heterocycles. The lowest BCUT2D eigenvalue weighted by molar-refractivity contribution is 0.598. The average molecular weight is 398 g/mol. The Kier molecular flexibility index (Phi) is 5.49. The number of nitrogens with two attached hydrogens (primary N) is 1. The molecule has 0 atom stereocenters. The summed E-state index contributed by atoms with van der Waals surface area (Å²) in [4.78, 5) is 7.87. The monoisotopic (exact) mass is 398 g/mol. The highest BCUT2D eigenvalue weighted by Crippen LogP contribution is 2.20. The van der Waals surface area contributed by atoms with Gasteiger partial charge < -0.3 is 10.6 Å². The maximum atomic E-state index is 14.1. The van der Waals surface area contributed by atoms with Crippen molar-refractivity contribution in [2.45, 2.75) is 10.9 Å². The SMILES string of the molecule is N#CC=C1C=CC(Nc2nc(Nc3cccc(S(N)(=O)=O)c3)ncc2F)C=C1. The van der Waals surface area contributed by atoms with Crippen LogP contribution in [0.5, 0.6) is 0 Å². The van der Waals surface area contributed by atoms with Crippen molar-refractivity contribution in [1.29, 1.82) is 5.26 Å². The maximum absolute atomic E-state index is 14.1. The van der Waals surface area contributed by atoms with Gasteiger partial charge >= 0.3 is 0 Å². The summed E-state index contributed by atoms with van der Waals surface area (Å²) < 4.78 is 37.0. The number of rotatable bonds is 5. The largest absolute Gasteiger partial charge is 0.358 e. The Labute approximate surface area is 161 Å². The summed E-state index contributed by atoms with van der Waals surface area (Å²) in [6.45, 7) is 0. The average Bonchev–Trinajstić information content (AvgIpc) is 2.66. The Morgan fingerprint density at radius 2 is 2.04 bits per heavy atom. The minimum atomic E-state index is -3.85. The first-order valence-corrected chi connectivity index (χ1v) is 9.55. The summed E-state index contributed by atoms with van der Waals surface area (Å²) in [6, 6.07) is 7.41. The van der Waals surface area contributed by atoms with E-state index in [1.54, 1.807) is 30.4 Å². The molecule has 4 N–H and O–H groups in total. The van der Waals surface area contributed by atoms with Gasteiger partial charge in [0.1, 0.15) is 0 Å². The van der Waals surface area contributed by atoms with E-state index in [4.69, 9.17) is 10.4 Å². The van der Waals surface area contributed by atoms with Crippen LogP contribution in [0.2, 0.25) is 0 Å². The first-order valence-electron chi connectivity index (χ1n) is 8.00. The number of aromatic nitrogens is 2. The van der Waals surface area contributed by atoms with Crippen LogP contribution in [0.3, 0.4) is 0 Å². The van der Waals surface area contributed by atoms with Crippen LogP contribution in [0.25, 0.3) is 0 Å².